The van der Waals surface area contributed by atoms with Crippen LogP contribution in [0, 0.1) is 0 Å². The van der Waals surface area contributed by atoms with Gasteiger partial charge in [0.05, 0.1) is 12.0 Å². The van der Waals surface area contributed by atoms with Crippen molar-refractivity contribution in [3.05, 3.63) is 23.4 Å². The molecule has 5 heteroatoms. The fourth-order valence-corrected chi connectivity index (χ4v) is 4.15. The maximum absolute atomic E-state index is 12.0. The van der Waals surface area contributed by atoms with E-state index in [1.165, 1.54) is 6.26 Å². The highest BCUT2D eigenvalue weighted by Crippen LogP contribution is 2.45. The summed E-state index contributed by atoms with van der Waals surface area (Å²) in [4.78, 5) is 4.77. The molecule has 2 rings (SSSR count). The largest absolute Gasteiger partial charge is 0.273 e. The first kappa shape index (κ1) is 15.3. The molecule has 0 aromatic carbocycles. The van der Waals surface area contributed by atoms with E-state index >= 15 is 0 Å². The van der Waals surface area contributed by atoms with E-state index in [9.17, 15) is 8.42 Å². The first-order valence-corrected chi connectivity index (χ1v) is 9.09. The van der Waals surface area contributed by atoms with E-state index in [0.717, 1.165) is 42.7 Å². The van der Waals surface area contributed by atoms with E-state index < -0.39 is 15.6 Å². The van der Waals surface area contributed by atoms with Crippen molar-refractivity contribution in [2.45, 2.75) is 52.0 Å². The normalized spacial score (nSPS) is 28.4. The molecule has 0 aromatic heterocycles. The molecule has 112 valence electrons. The Labute approximate surface area is 122 Å². The summed E-state index contributed by atoms with van der Waals surface area (Å²) in [7, 11) is -3.22. The second-order valence-corrected chi connectivity index (χ2v) is 7.66. The van der Waals surface area contributed by atoms with Crippen molar-refractivity contribution in [2.24, 2.45) is 4.99 Å². The molecule has 2 heterocycles. The number of hydrogen-bond donors (Lipinski definition) is 0. The molecule has 4 nitrogen and oxygen atoms in total. The van der Waals surface area contributed by atoms with Crippen LogP contribution in [0.3, 0.4) is 0 Å². The maximum Gasteiger partial charge on any atom is 0.232 e. The summed E-state index contributed by atoms with van der Waals surface area (Å²) in [6, 6.07) is 0. The van der Waals surface area contributed by atoms with Crippen LogP contribution >= 0.6 is 0 Å². The Kier molecular flexibility index (Phi) is 4.09. The van der Waals surface area contributed by atoms with Crippen LogP contribution in [0.4, 0.5) is 0 Å². The number of rotatable bonds is 4. The molecule has 2 aliphatic heterocycles. The van der Waals surface area contributed by atoms with Gasteiger partial charge in [-0.1, -0.05) is 25.8 Å². The fourth-order valence-electron chi connectivity index (χ4n) is 3.14. The lowest BCUT2D eigenvalue weighted by molar-refractivity contribution is 0.511. The highest BCUT2D eigenvalue weighted by molar-refractivity contribution is 7.88. The molecule has 0 bridgehead atoms. The van der Waals surface area contributed by atoms with E-state index in [2.05, 4.69) is 26.0 Å². The SMILES string of the molecule is CCCC/C=C1/N(S(C)(=O)=O)CC[C@]12N=C(C)C=C2C. The summed E-state index contributed by atoms with van der Waals surface area (Å²) in [5.41, 5.74) is 2.57. The Bertz CT molecular complexity index is 587. The third-order valence-electron chi connectivity index (χ3n) is 4.11. The van der Waals surface area contributed by atoms with Crippen molar-refractivity contribution in [1.29, 1.82) is 0 Å². The average Bonchev–Trinajstić information content (AvgIpc) is 2.82. The minimum atomic E-state index is -3.22. The minimum Gasteiger partial charge on any atom is -0.273 e. The lowest BCUT2D eigenvalue weighted by Crippen LogP contribution is -2.32. The molecule has 0 radical (unpaired) electrons. The molecule has 0 N–H and O–H groups in total. The summed E-state index contributed by atoms with van der Waals surface area (Å²) in [6.45, 7) is 6.70. The smallest absolute Gasteiger partial charge is 0.232 e. The van der Waals surface area contributed by atoms with Crippen LogP contribution < -0.4 is 0 Å². The zero-order valence-electron chi connectivity index (χ0n) is 12.8. The molecule has 1 atom stereocenters. The van der Waals surface area contributed by atoms with Gasteiger partial charge in [-0.2, -0.15) is 0 Å². The number of aliphatic imine (C=N–C) groups is 1. The van der Waals surface area contributed by atoms with Gasteiger partial charge < -0.3 is 0 Å². The van der Waals surface area contributed by atoms with Crippen molar-refractivity contribution in [2.75, 3.05) is 12.8 Å². The molecule has 0 aliphatic carbocycles. The molecular weight excluding hydrogens is 272 g/mol. The summed E-state index contributed by atoms with van der Waals surface area (Å²) in [6.07, 6.45) is 9.26. The summed E-state index contributed by atoms with van der Waals surface area (Å²) >= 11 is 0. The van der Waals surface area contributed by atoms with E-state index in [0.29, 0.717) is 6.54 Å². The van der Waals surface area contributed by atoms with Crippen molar-refractivity contribution < 1.29 is 8.42 Å². The zero-order chi connectivity index (χ0) is 15.0. The standard InChI is InChI=1S/C15H24N2O2S/c1-5-6-7-8-14-15(12(2)11-13(3)16-15)9-10-17(14)20(4,18)19/h8,11H,5-7,9-10H2,1-4H3/b14-8+/t15-/m1/s1. The van der Waals surface area contributed by atoms with Gasteiger partial charge in [-0.3, -0.25) is 9.30 Å². The second kappa shape index (κ2) is 5.35. The predicted molar refractivity (Wildman–Crippen MR) is 83.4 cm³/mol. The molecular formula is C15H24N2O2S. The van der Waals surface area contributed by atoms with E-state index in [1.54, 1.807) is 4.31 Å². The minimum absolute atomic E-state index is 0.430. The van der Waals surface area contributed by atoms with Gasteiger partial charge in [-0.05, 0) is 31.9 Å². The third kappa shape index (κ3) is 2.55. The van der Waals surface area contributed by atoms with Gasteiger partial charge in [-0.25, -0.2) is 8.42 Å². The van der Waals surface area contributed by atoms with E-state index in [-0.39, 0.29) is 0 Å². The van der Waals surface area contributed by atoms with Crippen molar-refractivity contribution in [3.8, 4) is 0 Å². The van der Waals surface area contributed by atoms with Gasteiger partial charge in [0.15, 0.2) is 0 Å². The molecule has 0 amide bonds. The molecule has 1 fully saturated rings. The van der Waals surface area contributed by atoms with Crippen LogP contribution in [0.25, 0.3) is 0 Å². The molecule has 1 spiro atoms. The number of hydrogen-bond acceptors (Lipinski definition) is 3. The number of nitrogens with zero attached hydrogens (tertiary/aromatic N) is 2. The predicted octanol–water partition coefficient (Wildman–Crippen LogP) is 2.89. The quantitative estimate of drug-likeness (QED) is 0.749. The van der Waals surface area contributed by atoms with Gasteiger partial charge in [0, 0.05) is 18.7 Å². The molecule has 0 aromatic rings. The number of sulfonamides is 1. The number of allylic oxidation sites excluding steroid dienone is 2. The lowest BCUT2D eigenvalue weighted by atomic mass is 9.88. The molecule has 1 saturated heterocycles. The Hall–Kier alpha value is -1.10. The summed E-state index contributed by atoms with van der Waals surface area (Å²) in [5.74, 6) is 0. The molecule has 20 heavy (non-hydrogen) atoms. The Morgan fingerprint density at radius 2 is 2.15 bits per heavy atom. The van der Waals surface area contributed by atoms with Gasteiger partial charge in [0.25, 0.3) is 0 Å². The van der Waals surface area contributed by atoms with Crippen molar-refractivity contribution >= 4 is 15.7 Å². The van der Waals surface area contributed by atoms with Gasteiger partial charge in [0.1, 0.15) is 5.54 Å². The van der Waals surface area contributed by atoms with E-state index in [4.69, 9.17) is 4.99 Å². The molecule has 0 unspecified atom stereocenters. The van der Waals surface area contributed by atoms with Crippen LogP contribution in [0.15, 0.2) is 28.4 Å². The summed E-state index contributed by atoms with van der Waals surface area (Å²) < 4.78 is 25.6. The number of unbranched alkanes of at least 4 members (excludes halogenated alkanes) is 2. The highest BCUT2D eigenvalue weighted by Gasteiger charge is 2.48. The fraction of sp³-hybridized carbons (Fsp3) is 0.667. The zero-order valence-corrected chi connectivity index (χ0v) is 13.6. The maximum atomic E-state index is 12.0. The van der Waals surface area contributed by atoms with Crippen molar-refractivity contribution in [3.63, 3.8) is 0 Å². The Balaban J connectivity index is 2.44. The van der Waals surface area contributed by atoms with E-state index in [1.807, 2.05) is 6.92 Å². The van der Waals surface area contributed by atoms with Crippen molar-refractivity contribution in [1.82, 2.24) is 4.31 Å². The lowest BCUT2D eigenvalue weighted by Gasteiger charge is -2.27. The van der Waals surface area contributed by atoms with Gasteiger partial charge >= 0.3 is 0 Å². The summed E-state index contributed by atoms with van der Waals surface area (Å²) in [5, 5.41) is 0. The van der Waals surface area contributed by atoms with Gasteiger partial charge in [0.2, 0.25) is 10.0 Å². The van der Waals surface area contributed by atoms with Gasteiger partial charge in [-0.15, -0.1) is 0 Å². The average molecular weight is 296 g/mol. The Morgan fingerprint density at radius 3 is 2.65 bits per heavy atom. The second-order valence-electron chi connectivity index (χ2n) is 5.76. The topological polar surface area (TPSA) is 49.7 Å². The Morgan fingerprint density at radius 1 is 1.45 bits per heavy atom. The van der Waals surface area contributed by atoms with Crippen LogP contribution in [0.1, 0.15) is 46.5 Å². The van der Waals surface area contributed by atoms with Crippen LogP contribution in [0.2, 0.25) is 0 Å². The van der Waals surface area contributed by atoms with Crippen LogP contribution in [-0.4, -0.2) is 36.8 Å². The van der Waals surface area contributed by atoms with Crippen LogP contribution in [0.5, 0.6) is 0 Å². The van der Waals surface area contributed by atoms with Crippen LogP contribution in [-0.2, 0) is 10.0 Å². The third-order valence-corrected chi connectivity index (χ3v) is 5.29. The highest BCUT2D eigenvalue weighted by atomic mass is 32.2. The monoisotopic (exact) mass is 296 g/mol. The molecule has 0 saturated carbocycles. The first-order valence-electron chi connectivity index (χ1n) is 7.25. The molecule has 2 aliphatic rings. The first-order chi connectivity index (χ1) is 9.31.